The maximum atomic E-state index is 12.8. The average Bonchev–Trinajstić information content (AvgIpc) is 2.83. The Balaban J connectivity index is 2.21. The number of halogens is 1. The van der Waals surface area contributed by atoms with E-state index in [0.29, 0.717) is 16.8 Å². The van der Waals surface area contributed by atoms with E-state index in [4.69, 9.17) is 5.73 Å². The number of fused-ring (bicyclic) bond motifs is 1. The first-order chi connectivity index (χ1) is 9.59. The topological polar surface area (TPSA) is 43.1 Å². The van der Waals surface area contributed by atoms with Gasteiger partial charge in [-0.1, -0.05) is 24.3 Å². The first kappa shape index (κ1) is 13.3. The van der Waals surface area contributed by atoms with E-state index < -0.39 is 0 Å². The minimum Gasteiger partial charge on any atom is -0.398 e. The molecule has 0 radical (unpaired) electrons. The molecule has 0 saturated heterocycles. The number of thiophene rings is 1. The van der Waals surface area contributed by atoms with Gasteiger partial charge in [0.1, 0.15) is 0 Å². The Hall–Kier alpha value is -1.65. The molecule has 1 aromatic heterocycles. The van der Waals surface area contributed by atoms with Gasteiger partial charge in [-0.15, -0.1) is 11.3 Å². The number of carbonyl (C=O) groups is 1. The molecule has 1 heterocycles. The molecule has 20 heavy (non-hydrogen) atoms. The molecule has 2 N–H and O–H groups in total. The van der Waals surface area contributed by atoms with E-state index in [0.717, 1.165) is 20.1 Å². The van der Waals surface area contributed by atoms with Crippen molar-refractivity contribution in [1.82, 2.24) is 0 Å². The fraction of sp³-hybridized carbons (Fsp3) is 0.0625. The Morgan fingerprint density at radius 3 is 2.70 bits per heavy atom. The molecular formula is C16H12BrNOS. The van der Waals surface area contributed by atoms with Crippen LogP contribution in [0.5, 0.6) is 0 Å². The number of benzene rings is 2. The van der Waals surface area contributed by atoms with Crippen LogP contribution >= 0.6 is 27.3 Å². The highest BCUT2D eigenvalue weighted by molar-refractivity contribution is 9.10. The zero-order chi connectivity index (χ0) is 14.3. The second-order valence-electron chi connectivity index (χ2n) is 4.63. The molecule has 0 bridgehead atoms. The number of aryl methyl sites for hydroxylation is 1. The predicted molar refractivity (Wildman–Crippen MR) is 88.5 cm³/mol. The monoisotopic (exact) mass is 345 g/mol. The van der Waals surface area contributed by atoms with E-state index in [2.05, 4.69) is 15.9 Å². The summed E-state index contributed by atoms with van der Waals surface area (Å²) in [7, 11) is 0. The van der Waals surface area contributed by atoms with Crippen molar-refractivity contribution >= 4 is 48.8 Å². The highest BCUT2D eigenvalue weighted by atomic mass is 79.9. The molecule has 0 unspecified atom stereocenters. The van der Waals surface area contributed by atoms with Crippen molar-refractivity contribution in [3.05, 3.63) is 62.9 Å². The van der Waals surface area contributed by atoms with E-state index in [1.54, 1.807) is 17.4 Å². The third-order valence-corrected chi connectivity index (χ3v) is 5.28. The summed E-state index contributed by atoms with van der Waals surface area (Å²) in [6.45, 7) is 1.91. The molecule has 0 aliphatic carbocycles. The van der Waals surface area contributed by atoms with Crippen molar-refractivity contribution in [1.29, 1.82) is 0 Å². The maximum absolute atomic E-state index is 12.8. The summed E-state index contributed by atoms with van der Waals surface area (Å²) in [5.74, 6) is -0.00931. The van der Waals surface area contributed by atoms with Crippen LogP contribution in [-0.2, 0) is 0 Å². The van der Waals surface area contributed by atoms with Crippen LogP contribution in [0.1, 0.15) is 21.5 Å². The van der Waals surface area contributed by atoms with Gasteiger partial charge in [-0.2, -0.15) is 0 Å². The van der Waals surface area contributed by atoms with Crippen LogP contribution in [0.25, 0.3) is 10.1 Å². The summed E-state index contributed by atoms with van der Waals surface area (Å²) < 4.78 is 2.10. The van der Waals surface area contributed by atoms with E-state index in [9.17, 15) is 4.79 Å². The molecule has 0 aliphatic heterocycles. The second kappa shape index (κ2) is 5.04. The number of hydrogen-bond acceptors (Lipinski definition) is 3. The molecule has 0 saturated carbocycles. The zero-order valence-corrected chi connectivity index (χ0v) is 13.2. The fourth-order valence-corrected chi connectivity index (χ4v) is 3.94. The molecule has 3 rings (SSSR count). The van der Waals surface area contributed by atoms with Gasteiger partial charge in [0, 0.05) is 36.8 Å². The van der Waals surface area contributed by atoms with Crippen molar-refractivity contribution in [2.45, 2.75) is 6.92 Å². The third-order valence-electron chi connectivity index (χ3n) is 3.33. The summed E-state index contributed by atoms with van der Waals surface area (Å²) >= 11 is 5.09. The summed E-state index contributed by atoms with van der Waals surface area (Å²) in [5.41, 5.74) is 8.73. The summed E-state index contributed by atoms with van der Waals surface area (Å²) in [4.78, 5) is 12.8. The van der Waals surface area contributed by atoms with Crippen LogP contribution in [0.2, 0.25) is 0 Å². The van der Waals surface area contributed by atoms with Gasteiger partial charge < -0.3 is 5.73 Å². The largest absolute Gasteiger partial charge is 0.398 e. The van der Waals surface area contributed by atoms with Gasteiger partial charge in [-0.05, 0) is 40.5 Å². The SMILES string of the molecule is Cc1cccc(N)c1C(=O)c1csc2c(Br)cccc12. The number of carbonyl (C=O) groups excluding carboxylic acids is 1. The summed E-state index contributed by atoms with van der Waals surface area (Å²) in [6, 6.07) is 11.4. The van der Waals surface area contributed by atoms with E-state index in [1.807, 2.05) is 42.6 Å². The highest BCUT2D eigenvalue weighted by Crippen LogP contribution is 2.34. The van der Waals surface area contributed by atoms with Crippen molar-refractivity contribution in [2.75, 3.05) is 5.73 Å². The van der Waals surface area contributed by atoms with Crippen molar-refractivity contribution in [3.63, 3.8) is 0 Å². The van der Waals surface area contributed by atoms with E-state index in [1.165, 1.54) is 0 Å². The van der Waals surface area contributed by atoms with Crippen LogP contribution in [0, 0.1) is 6.92 Å². The van der Waals surface area contributed by atoms with Crippen LogP contribution in [0.15, 0.2) is 46.3 Å². The Morgan fingerprint density at radius 1 is 1.20 bits per heavy atom. The van der Waals surface area contributed by atoms with Crippen LogP contribution in [-0.4, -0.2) is 5.78 Å². The van der Waals surface area contributed by atoms with Gasteiger partial charge >= 0.3 is 0 Å². The van der Waals surface area contributed by atoms with Gasteiger partial charge in [-0.25, -0.2) is 0 Å². The van der Waals surface area contributed by atoms with Gasteiger partial charge in [0.15, 0.2) is 5.78 Å². The minimum absolute atomic E-state index is 0.00931. The minimum atomic E-state index is -0.00931. The Morgan fingerprint density at radius 2 is 1.95 bits per heavy atom. The number of nitrogen functional groups attached to an aromatic ring is 1. The lowest BCUT2D eigenvalue weighted by Crippen LogP contribution is -2.07. The number of rotatable bonds is 2. The molecule has 0 amide bonds. The smallest absolute Gasteiger partial charge is 0.196 e. The summed E-state index contributed by atoms with van der Waals surface area (Å²) in [5, 5.41) is 2.88. The van der Waals surface area contributed by atoms with Gasteiger partial charge in [0.05, 0.1) is 0 Å². The molecular weight excluding hydrogens is 334 g/mol. The quantitative estimate of drug-likeness (QED) is 0.536. The predicted octanol–water partition coefficient (Wildman–Crippen LogP) is 4.79. The number of ketones is 1. The van der Waals surface area contributed by atoms with Crippen molar-refractivity contribution < 1.29 is 4.79 Å². The molecule has 2 aromatic carbocycles. The molecule has 0 aliphatic rings. The molecule has 0 fully saturated rings. The lowest BCUT2D eigenvalue weighted by Gasteiger charge is -2.07. The lowest BCUT2D eigenvalue weighted by atomic mass is 9.97. The number of nitrogens with two attached hydrogens (primary N) is 1. The van der Waals surface area contributed by atoms with Crippen LogP contribution in [0.4, 0.5) is 5.69 Å². The van der Waals surface area contributed by atoms with E-state index >= 15 is 0 Å². The fourth-order valence-electron chi connectivity index (χ4n) is 2.33. The second-order valence-corrected chi connectivity index (χ2v) is 6.37. The van der Waals surface area contributed by atoms with E-state index in [-0.39, 0.29) is 5.78 Å². The Bertz CT molecular complexity index is 802. The third kappa shape index (κ3) is 2.05. The number of hydrogen-bond donors (Lipinski definition) is 1. The highest BCUT2D eigenvalue weighted by Gasteiger charge is 2.19. The molecule has 2 nitrogen and oxygen atoms in total. The standard InChI is InChI=1S/C16H12BrNOS/c1-9-4-2-7-13(18)14(9)15(19)11-8-20-16-10(11)5-3-6-12(16)17/h2-8H,18H2,1H3. The molecule has 4 heteroatoms. The molecule has 3 aromatic rings. The van der Waals surface area contributed by atoms with Gasteiger partial charge in [0.25, 0.3) is 0 Å². The van der Waals surface area contributed by atoms with Gasteiger partial charge in [0.2, 0.25) is 0 Å². The molecule has 0 spiro atoms. The lowest BCUT2D eigenvalue weighted by molar-refractivity contribution is 0.104. The average molecular weight is 346 g/mol. The first-order valence-electron chi connectivity index (χ1n) is 6.15. The van der Waals surface area contributed by atoms with Crippen LogP contribution in [0.3, 0.4) is 0 Å². The Labute approximate surface area is 129 Å². The normalized spacial score (nSPS) is 10.9. The first-order valence-corrected chi connectivity index (χ1v) is 7.82. The summed E-state index contributed by atoms with van der Waals surface area (Å²) in [6.07, 6.45) is 0. The molecule has 100 valence electrons. The van der Waals surface area contributed by atoms with Crippen molar-refractivity contribution in [3.8, 4) is 0 Å². The van der Waals surface area contributed by atoms with Gasteiger partial charge in [-0.3, -0.25) is 4.79 Å². The number of anilines is 1. The molecule has 0 atom stereocenters. The van der Waals surface area contributed by atoms with Crippen molar-refractivity contribution in [2.24, 2.45) is 0 Å². The maximum Gasteiger partial charge on any atom is 0.196 e. The van der Waals surface area contributed by atoms with Crippen LogP contribution < -0.4 is 5.73 Å². The Kier molecular flexibility index (Phi) is 3.36. The zero-order valence-electron chi connectivity index (χ0n) is 10.8.